The second-order valence-electron chi connectivity index (χ2n) is 7.19. The number of hydrogen-bond donors (Lipinski definition) is 0. The van der Waals surface area contributed by atoms with Gasteiger partial charge in [-0.15, -0.1) is 0 Å². The van der Waals surface area contributed by atoms with E-state index >= 15 is 0 Å². The fourth-order valence-corrected chi connectivity index (χ4v) is 3.28. The minimum Gasteiger partial charge on any atom is -1.00 e. The quantitative estimate of drug-likeness (QED) is 0.382. The highest BCUT2D eigenvalue weighted by atomic mass is 35.5. The zero-order valence-corrected chi connectivity index (χ0v) is 16.5. The molecule has 23 heavy (non-hydrogen) atoms. The van der Waals surface area contributed by atoms with Crippen molar-refractivity contribution in [3.8, 4) is 0 Å². The van der Waals surface area contributed by atoms with Crippen molar-refractivity contribution in [1.82, 2.24) is 0 Å². The highest BCUT2D eigenvalue weighted by molar-refractivity contribution is 5.13. The van der Waals surface area contributed by atoms with Gasteiger partial charge in [0.1, 0.15) is 6.54 Å². The second kappa shape index (κ2) is 13.9. The van der Waals surface area contributed by atoms with Crippen LogP contribution in [0.4, 0.5) is 0 Å². The van der Waals surface area contributed by atoms with Gasteiger partial charge in [-0.05, 0) is 19.3 Å². The molecule has 1 nitrogen and oxygen atoms in total. The van der Waals surface area contributed by atoms with Gasteiger partial charge < -0.3 is 16.9 Å². The lowest BCUT2D eigenvalue weighted by Crippen LogP contribution is -3.00. The molecule has 1 rings (SSSR count). The molecule has 0 aromatic heterocycles. The highest BCUT2D eigenvalue weighted by Gasteiger charge is 2.20. The molecule has 2 heteroatoms. The molecule has 0 saturated heterocycles. The molecule has 0 bridgehead atoms. The van der Waals surface area contributed by atoms with Gasteiger partial charge in [-0.1, -0.05) is 82.7 Å². The number of benzene rings is 1. The number of quaternary nitrogens is 1. The van der Waals surface area contributed by atoms with E-state index in [0.717, 1.165) is 0 Å². The monoisotopic (exact) mass is 339 g/mol. The summed E-state index contributed by atoms with van der Waals surface area (Å²) >= 11 is 0. The maximum absolute atomic E-state index is 2.46. The SMILES string of the molecule is CCCCCCCCC[N+](C)(CCCC)Cc1ccccc1.[Cl-]. The third-order valence-electron chi connectivity index (χ3n) is 4.76. The molecule has 0 aliphatic rings. The van der Waals surface area contributed by atoms with Crippen LogP contribution in [0.3, 0.4) is 0 Å². The van der Waals surface area contributed by atoms with Crippen molar-refractivity contribution in [2.75, 3.05) is 20.1 Å². The molecule has 0 N–H and O–H groups in total. The van der Waals surface area contributed by atoms with Crippen LogP contribution in [-0.2, 0) is 6.54 Å². The van der Waals surface area contributed by atoms with Gasteiger partial charge in [0.05, 0.1) is 20.1 Å². The maximum Gasteiger partial charge on any atom is 0.104 e. The molecule has 0 spiro atoms. The van der Waals surface area contributed by atoms with Gasteiger partial charge >= 0.3 is 0 Å². The summed E-state index contributed by atoms with van der Waals surface area (Å²) in [5.74, 6) is 0. The molecule has 0 heterocycles. The van der Waals surface area contributed by atoms with Crippen LogP contribution < -0.4 is 12.4 Å². The normalized spacial score (nSPS) is 13.3. The van der Waals surface area contributed by atoms with Gasteiger partial charge in [0.15, 0.2) is 0 Å². The van der Waals surface area contributed by atoms with Crippen molar-refractivity contribution in [3.63, 3.8) is 0 Å². The van der Waals surface area contributed by atoms with E-state index in [1.807, 2.05) is 0 Å². The van der Waals surface area contributed by atoms with E-state index in [4.69, 9.17) is 0 Å². The van der Waals surface area contributed by atoms with Gasteiger partial charge in [0, 0.05) is 5.56 Å². The third-order valence-corrected chi connectivity index (χ3v) is 4.76. The molecule has 134 valence electrons. The van der Waals surface area contributed by atoms with Gasteiger partial charge in [0.25, 0.3) is 0 Å². The van der Waals surface area contributed by atoms with E-state index in [-0.39, 0.29) is 12.4 Å². The number of nitrogens with zero attached hydrogens (tertiary/aromatic N) is 1. The summed E-state index contributed by atoms with van der Waals surface area (Å²) in [5, 5.41) is 0. The smallest absolute Gasteiger partial charge is 0.104 e. The minimum absolute atomic E-state index is 0. The average molecular weight is 340 g/mol. The second-order valence-corrected chi connectivity index (χ2v) is 7.19. The Morgan fingerprint density at radius 2 is 1.22 bits per heavy atom. The van der Waals surface area contributed by atoms with Crippen LogP contribution in [0.2, 0.25) is 0 Å². The molecule has 0 aliphatic heterocycles. The standard InChI is InChI=1S/C21H38N.ClH/c1-4-6-8-9-10-11-15-19-22(3,18-7-5-2)20-21-16-13-12-14-17-21;/h12-14,16-17H,4-11,15,18-20H2,1-3H3;1H/q+1;/p-1. The Morgan fingerprint density at radius 3 is 1.83 bits per heavy atom. The van der Waals surface area contributed by atoms with E-state index in [9.17, 15) is 0 Å². The largest absolute Gasteiger partial charge is 1.00 e. The van der Waals surface area contributed by atoms with Gasteiger partial charge in [-0.25, -0.2) is 0 Å². The Labute approximate surface area is 151 Å². The zero-order valence-electron chi connectivity index (χ0n) is 15.7. The highest BCUT2D eigenvalue weighted by Crippen LogP contribution is 2.16. The van der Waals surface area contributed by atoms with Crippen molar-refractivity contribution in [2.45, 2.75) is 78.2 Å². The first-order valence-electron chi connectivity index (χ1n) is 9.57. The topological polar surface area (TPSA) is 0 Å². The van der Waals surface area contributed by atoms with Crippen LogP contribution >= 0.6 is 0 Å². The summed E-state index contributed by atoms with van der Waals surface area (Å²) in [4.78, 5) is 0. The Kier molecular flexibility index (Phi) is 13.5. The van der Waals surface area contributed by atoms with Crippen LogP contribution in [0.15, 0.2) is 30.3 Å². The minimum atomic E-state index is 0. The summed E-state index contributed by atoms with van der Waals surface area (Å²) in [5.41, 5.74) is 1.49. The van der Waals surface area contributed by atoms with Crippen molar-refractivity contribution in [2.24, 2.45) is 0 Å². The van der Waals surface area contributed by atoms with Crippen LogP contribution in [0, 0.1) is 0 Å². The lowest BCUT2D eigenvalue weighted by molar-refractivity contribution is -0.923. The van der Waals surface area contributed by atoms with Crippen molar-refractivity contribution in [3.05, 3.63) is 35.9 Å². The van der Waals surface area contributed by atoms with Crippen LogP contribution in [-0.4, -0.2) is 24.6 Å². The molecular formula is C21H38ClN. The van der Waals surface area contributed by atoms with Gasteiger partial charge in [-0.3, -0.25) is 0 Å². The molecular weight excluding hydrogens is 302 g/mol. The average Bonchev–Trinajstić information content (AvgIpc) is 2.53. The fourth-order valence-electron chi connectivity index (χ4n) is 3.28. The van der Waals surface area contributed by atoms with Crippen molar-refractivity contribution in [1.29, 1.82) is 0 Å². The van der Waals surface area contributed by atoms with Crippen molar-refractivity contribution < 1.29 is 16.9 Å². The van der Waals surface area contributed by atoms with E-state index < -0.39 is 0 Å². The number of hydrogen-bond acceptors (Lipinski definition) is 0. The lowest BCUT2D eigenvalue weighted by Gasteiger charge is -2.35. The Hall–Kier alpha value is -0.530. The predicted octanol–water partition coefficient (Wildman–Crippen LogP) is 3.19. The summed E-state index contributed by atoms with van der Waals surface area (Å²) in [7, 11) is 2.46. The molecule has 0 aliphatic carbocycles. The number of halogens is 1. The summed E-state index contributed by atoms with van der Waals surface area (Å²) in [6.45, 7) is 8.45. The molecule has 0 saturated carbocycles. The summed E-state index contributed by atoms with van der Waals surface area (Å²) in [6.07, 6.45) is 12.5. The molecule has 0 radical (unpaired) electrons. The maximum atomic E-state index is 2.46. The summed E-state index contributed by atoms with van der Waals surface area (Å²) < 4.78 is 1.22. The number of unbranched alkanes of at least 4 members (excludes halogenated alkanes) is 7. The van der Waals surface area contributed by atoms with Crippen LogP contribution in [0.1, 0.15) is 77.2 Å². The van der Waals surface area contributed by atoms with E-state index in [1.165, 1.54) is 87.5 Å². The predicted molar refractivity (Wildman–Crippen MR) is 99.0 cm³/mol. The molecule has 0 amide bonds. The Bertz CT molecular complexity index is 365. The van der Waals surface area contributed by atoms with E-state index in [2.05, 4.69) is 51.2 Å². The van der Waals surface area contributed by atoms with Crippen molar-refractivity contribution >= 4 is 0 Å². The van der Waals surface area contributed by atoms with E-state index in [0.29, 0.717) is 0 Å². The number of rotatable bonds is 13. The van der Waals surface area contributed by atoms with Crippen LogP contribution in [0.25, 0.3) is 0 Å². The molecule has 1 unspecified atom stereocenters. The third kappa shape index (κ3) is 10.8. The first-order valence-corrected chi connectivity index (χ1v) is 9.57. The Balaban J connectivity index is 0.00000484. The zero-order chi connectivity index (χ0) is 16.1. The molecule has 0 fully saturated rings. The molecule has 1 aromatic rings. The molecule has 1 aromatic carbocycles. The molecule has 1 atom stereocenters. The first-order chi connectivity index (χ1) is 10.7. The lowest BCUT2D eigenvalue weighted by atomic mass is 10.1. The first kappa shape index (κ1) is 22.5. The van der Waals surface area contributed by atoms with Crippen LogP contribution in [0.5, 0.6) is 0 Å². The summed E-state index contributed by atoms with van der Waals surface area (Å²) in [6, 6.07) is 11.0. The van der Waals surface area contributed by atoms with Gasteiger partial charge in [-0.2, -0.15) is 0 Å². The Morgan fingerprint density at radius 1 is 0.696 bits per heavy atom. The fraction of sp³-hybridized carbons (Fsp3) is 0.714. The van der Waals surface area contributed by atoms with Gasteiger partial charge in [0.2, 0.25) is 0 Å². The van der Waals surface area contributed by atoms with E-state index in [1.54, 1.807) is 0 Å².